The molecule has 1 aliphatic rings. The lowest BCUT2D eigenvalue weighted by Crippen LogP contribution is -2.27. The van der Waals surface area contributed by atoms with Gasteiger partial charge in [-0.2, -0.15) is 0 Å². The third-order valence-corrected chi connectivity index (χ3v) is 8.22. The first-order valence-electron chi connectivity index (χ1n) is 15.6. The Morgan fingerprint density at radius 2 is 1.67 bits per heavy atom. The zero-order valence-electron chi connectivity index (χ0n) is 26.3. The van der Waals surface area contributed by atoms with Crippen LogP contribution in [0.5, 0.6) is 5.75 Å². The molecule has 0 bridgehead atoms. The van der Waals surface area contributed by atoms with Crippen molar-refractivity contribution < 1.29 is 14.3 Å². The molecule has 0 unspecified atom stereocenters. The first-order valence-corrected chi connectivity index (χ1v) is 15.6. The van der Waals surface area contributed by atoms with E-state index in [0.29, 0.717) is 24.5 Å². The van der Waals surface area contributed by atoms with E-state index in [2.05, 4.69) is 63.3 Å². The third kappa shape index (κ3) is 11.1. The fourth-order valence-corrected chi connectivity index (χ4v) is 5.54. The molecule has 0 amide bonds. The fourth-order valence-electron chi connectivity index (χ4n) is 5.54. The second-order valence-corrected chi connectivity index (χ2v) is 12.6. The zero-order valence-corrected chi connectivity index (χ0v) is 26.3. The number of carbonyl (C=O) groups excluding carboxylic acids is 1. The topological polar surface area (TPSA) is 51.7 Å². The molecule has 1 aromatic heterocycles. The van der Waals surface area contributed by atoms with Gasteiger partial charge < -0.3 is 14.4 Å². The summed E-state index contributed by atoms with van der Waals surface area (Å²) in [5.41, 5.74) is 2.01. The van der Waals surface area contributed by atoms with Crippen molar-refractivity contribution in [2.45, 2.75) is 131 Å². The molecule has 2 rings (SSSR count). The highest BCUT2D eigenvalue weighted by Crippen LogP contribution is 2.35. The number of hydrogen-bond acceptors (Lipinski definition) is 5. The summed E-state index contributed by atoms with van der Waals surface area (Å²) in [4.78, 5) is 18.1. The number of pyridine rings is 1. The first kappa shape index (κ1) is 33.1. The van der Waals surface area contributed by atoms with Crippen molar-refractivity contribution in [3.63, 3.8) is 0 Å². The largest absolute Gasteiger partial charge is 0.425 e. The van der Waals surface area contributed by atoms with E-state index in [-0.39, 0.29) is 0 Å². The lowest BCUT2D eigenvalue weighted by atomic mass is 9.90. The Morgan fingerprint density at radius 3 is 2.28 bits per heavy atom. The Bertz CT molecular complexity index is 948. The predicted molar refractivity (Wildman–Crippen MR) is 164 cm³/mol. The maximum Gasteiger partial charge on any atom is 0.298 e. The first-order chi connectivity index (χ1) is 18.6. The Kier molecular flexibility index (Phi) is 14.4. The number of aryl methyl sites for hydroxylation is 1. The SMILES string of the molecule is CCCCO[C@@](C)(C#Cc1c2c(nc(C)c1OC=O)N(C)CC2)CCC[C@H](C)CCC[C@H](C)CCCC(C)C. The number of rotatable bonds is 18. The molecule has 5 heteroatoms. The predicted octanol–water partition coefficient (Wildman–Crippen LogP) is 8.28. The van der Waals surface area contributed by atoms with Gasteiger partial charge in [0.05, 0.1) is 11.3 Å². The van der Waals surface area contributed by atoms with Crippen LogP contribution in [0.2, 0.25) is 0 Å². The number of hydrogen-bond donors (Lipinski definition) is 0. The number of fused-ring (bicyclic) bond motifs is 1. The number of ether oxygens (including phenoxy) is 2. The van der Waals surface area contributed by atoms with Gasteiger partial charge in [-0.05, 0) is 57.3 Å². The van der Waals surface area contributed by atoms with Gasteiger partial charge in [0.15, 0.2) is 5.75 Å². The molecule has 2 heterocycles. The van der Waals surface area contributed by atoms with E-state index in [1.54, 1.807) is 0 Å². The summed E-state index contributed by atoms with van der Waals surface area (Å²) in [6.45, 7) is 17.7. The Hall–Kier alpha value is -2.06. The standard InChI is InChI=1S/C34H56N2O3/c1-9-10-24-39-34(7,21-13-18-28(5)17-12-16-27(4)15-11-14-26(2)3)22-19-30-31-20-23-36(8)33(31)35-29(6)32(30)38-25-37/h25-28H,9-18,20-21,23-24H2,1-8H3/t27-,28-,34-/m1/s1. The van der Waals surface area contributed by atoms with Crippen LogP contribution in [0.25, 0.3) is 0 Å². The smallest absolute Gasteiger partial charge is 0.298 e. The lowest BCUT2D eigenvalue weighted by molar-refractivity contribution is -0.120. The zero-order chi connectivity index (χ0) is 28.8. The minimum absolute atomic E-state index is 0.477. The van der Waals surface area contributed by atoms with Gasteiger partial charge in [0, 0.05) is 25.8 Å². The maximum absolute atomic E-state index is 11.3. The van der Waals surface area contributed by atoms with Crippen LogP contribution in [-0.2, 0) is 16.0 Å². The van der Waals surface area contributed by atoms with Crippen LogP contribution >= 0.6 is 0 Å². The number of likely N-dealkylation sites (N-methyl/N-ethyl adjacent to an activating group) is 1. The van der Waals surface area contributed by atoms with Gasteiger partial charge in [0.25, 0.3) is 6.47 Å². The van der Waals surface area contributed by atoms with Crippen molar-refractivity contribution in [1.82, 2.24) is 4.98 Å². The molecule has 1 aromatic rings. The summed E-state index contributed by atoms with van der Waals surface area (Å²) in [6, 6.07) is 0. The van der Waals surface area contributed by atoms with E-state index < -0.39 is 5.60 Å². The van der Waals surface area contributed by atoms with Gasteiger partial charge in [-0.25, -0.2) is 4.98 Å². The highest BCUT2D eigenvalue weighted by Gasteiger charge is 2.27. The normalized spacial score (nSPS) is 15.9. The fraction of sp³-hybridized carbons (Fsp3) is 0.765. The van der Waals surface area contributed by atoms with Crippen LogP contribution in [0.15, 0.2) is 0 Å². The van der Waals surface area contributed by atoms with E-state index in [9.17, 15) is 4.79 Å². The van der Waals surface area contributed by atoms with Gasteiger partial charge in [0.1, 0.15) is 11.4 Å². The highest BCUT2D eigenvalue weighted by atomic mass is 16.5. The molecule has 0 aromatic carbocycles. The van der Waals surface area contributed by atoms with Gasteiger partial charge in [-0.1, -0.05) is 97.8 Å². The van der Waals surface area contributed by atoms with E-state index in [1.807, 2.05) is 14.0 Å². The summed E-state index contributed by atoms with van der Waals surface area (Å²) < 4.78 is 11.8. The average molecular weight is 541 g/mol. The molecule has 0 radical (unpaired) electrons. The molecule has 39 heavy (non-hydrogen) atoms. The van der Waals surface area contributed by atoms with E-state index in [4.69, 9.17) is 9.47 Å². The highest BCUT2D eigenvalue weighted by molar-refractivity contribution is 5.67. The third-order valence-electron chi connectivity index (χ3n) is 8.22. The van der Waals surface area contributed by atoms with E-state index >= 15 is 0 Å². The Labute approximate surface area is 239 Å². The number of aromatic nitrogens is 1. The minimum Gasteiger partial charge on any atom is -0.425 e. The second-order valence-electron chi connectivity index (χ2n) is 12.6. The van der Waals surface area contributed by atoms with Crippen LogP contribution in [-0.4, -0.2) is 37.3 Å². The molecule has 0 spiro atoms. The molecule has 0 N–H and O–H groups in total. The van der Waals surface area contributed by atoms with Crippen molar-refractivity contribution in [2.75, 3.05) is 25.1 Å². The van der Waals surface area contributed by atoms with Gasteiger partial charge in [0.2, 0.25) is 0 Å². The summed E-state index contributed by atoms with van der Waals surface area (Å²) in [5.74, 6) is 10.7. The van der Waals surface area contributed by atoms with Gasteiger partial charge in [-0.3, -0.25) is 4.79 Å². The van der Waals surface area contributed by atoms with E-state index in [1.165, 1.54) is 44.9 Å². The molecular formula is C34H56N2O3. The molecule has 1 aliphatic heterocycles. The number of carbonyl (C=O) groups is 1. The Balaban J connectivity index is 2.02. The maximum atomic E-state index is 11.3. The second kappa shape index (κ2) is 16.9. The molecular weight excluding hydrogens is 484 g/mol. The van der Waals surface area contributed by atoms with Crippen molar-refractivity contribution in [3.05, 3.63) is 16.8 Å². The minimum atomic E-state index is -0.535. The quantitative estimate of drug-likeness (QED) is 0.106. The molecule has 5 nitrogen and oxygen atoms in total. The molecule has 0 saturated heterocycles. The number of unbranched alkanes of at least 4 members (excludes halogenated alkanes) is 1. The molecule has 0 fully saturated rings. The summed E-state index contributed by atoms with van der Waals surface area (Å²) in [6.07, 6.45) is 14.2. The van der Waals surface area contributed by atoms with Crippen LogP contribution < -0.4 is 9.64 Å². The van der Waals surface area contributed by atoms with Crippen molar-refractivity contribution in [2.24, 2.45) is 17.8 Å². The summed E-state index contributed by atoms with van der Waals surface area (Å²) in [5, 5.41) is 0. The van der Waals surface area contributed by atoms with E-state index in [0.717, 1.165) is 73.3 Å². The average Bonchev–Trinajstić information content (AvgIpc) is 3.24. The number of nitrogens with zero attached hydrogens (tertiary/aromatic N) is 2. The lowest BCUT2D eigenvalue weighted by Gasteiger charge is -2.25. The number of anilines is 1. The molecule has 3 atom stereocenters. The van der Waals surface area contributed by atoms with Crippen LogP contribution in [0, 0.1) is 36.5 Å². The molecule has 0 aliphatic carbocycles. The molecule has 220 valence electrons. The monoisotopic (exact) mass is 540 g/mol. The van der Waals surface area contributed by atoms with Crippen LogP contribution in [0.4, 0.5) is 5.82 Å². The van der Waals surface area contributed by atoms with Crippen molar-refractivity contribution >= 4 is 12.3 Å². The van der Waals surface area contributed by atoms with Crippen molar-refractivity contribution in [1.29, 1.82) is 0 Å². The Morgan fingerprint density at radius 1 is 1.03 bits per heavy atom. The van der Waals surface area contributed by atoms with Gasteiger partial charge in [-0.15, -0.1) is 0 Å². The summed E-state index contributed by atoms with van der Waals surface area (Å²) in [7, 11) is 2.04. The molecule has 0 saturated carbocycles. The van der Waals surface area contributed by atoms with Crippen molar-refractivity contribution in [3.8, 4) is 17.6 Å². The van der Waals surface area contributed by atoms with Crippen LogP contribution in [0.1, 0.15) is 129 Å². The van der Waals surface area contributed by atoms with Gasteiger partial charge >= 0.3 is 0 Å². The van der Waals surface area contributed by atoms with Crippen LogP contribution in [0.3, 0.4) is 0 Å². The summed E-state index contributed by atoms with van der Waals surface area (Å²) >= 11 is 0.